The molecule has 4 heteroatoms. The Kier molecular flexibility index (Phi) is 3.96. The standard InChI is InChI=1S/C24H23BO2S/c1-23(2)24(3,4)27-25(26-23)17-14-12-16(13-15-17)18-9-7-10-20-19-8-5-6-11-21(19)28-22(18)20/h5-15H,1-4H3. The number of benzene rings is 3. The summed E-state index contributed by atoms with van der Waals surface area (Å²) in [6.45, 7) is 8.35. The van der Waals surface area contributed by atoms with Crippen molar-refractivity contribution in [3.8, 4) is 11.1 Å². The highest BCUT2D eigenvalue weighted by Crippen LogP contribution is 2.40. The van der Waals surface area contributed by atoms with Gasteiger partial charge in [0.2, 0.25) is 0 Å². The maximum absolute atomic E-state index is 6.19. The zero-order chi connectivity index (χ0) is 19.5. The van der Waals surface area contributed by atoms with Crippen LogP contribution in [0.2, 0.25) is 0 Å². The van der Waals surface area contributed by atoms with Gasteiger partial charge < -0.3 is 9.31 Å². The van der Waals surface area contributed by atoms with Crippen LogP contribution in [0, 0.1) is 0 Å². The highest BCUT2D eigenvalue weighted by molar-refractivity contribution is 7.26. The van der Waals surface area contributed by atoms with Crippen molar-refractivity contribution in [1.29, 1.82) is 0 Å². The Balaban J connectivity index is 1.53. The minimum atomic E-state index is -0.320. The summed E-state index contributed by atoms with van der Waals surface area (Å²) in [4.78, 5) is 0. The Bertz CT molecular complexity index is 1160. The predicted molar refractivity (Wildman–Crippen MR) is 120 cm³/mol. The van der Waals surface area contributed by atoms with E-state index < -0.39 is 0 Å². The second kappa shape index (κ2) is 6.18. The molecule has 0 atom stereocenters. The average Bonchev–Trinajstić information content (AvgIpc) is 3.15. The Morgan fingerprint density at radius 2 is 1.36 bits per heavy atom. The maximum atomic E-state index is 6.19. The lowest BCUT2D eigenvalue weighted by Gasteiger charge is -2.32. The fraction of sp³-hybridized carbons (Fsp3) is 0.250. The van der Waals surface area contributed by atoms with Crippen LogP contribution in [0.5, 0.6) is 0 Å². The molecule has 1 aliphatic heterocycles. The van der Waals surface area contributed by atoms with Gasteiger partial charge in [-0.2, -0.15) is 0 Å². The topological polar surface area (TPSA) is 18.5 Å². The number of fused-ring (bicyclic) bond motifs is 3. The first-order valence-corrected chi connectivity index (χ1v) is 10.5. The Morgan fingerprint density at radius 1 is 0.714 bits per heavy atom. The second-order valence-corrected chi connectivity index (χ2v) is 9.54. The van der Waals surface area contributed by atoms with Gasteiger partial charge in [0.05, 0.1) is 11.2 Å². The second-order valence-electron chi connectivity index (χ2n) is 8.49. The minimum absolute atomic E-state index is 0.320. The van der Waals surface area contributed by atoms with E-state index in [9.17, 15) is 0 Å². The number of hydrogen-bond donors (Lipinski definition) is 0. The molecule has 1 aromatic heterocycles. The third-order valence-corrected chi connectivity index (χ3v) is 7.37. The van der Waals surface area contributed by atoms with Crippen LogP contribution < -0.4 is 5.46 Å². The summed E-state index contributed by atoms with van der Waals surface area (Å²) >= 11 is 1.86. The highest BCUT2D eigenvalue weighted by Gasteiger charge is 2.51. The smallest absolute Gasteiger partial charge is 0.399 e. The molecule has 28 heavy (non-hydrogen) atoms. The number of thiophene rings is 1. The molecule has 4 aromatic rings. The minimum Gasteiger partial charge on any atom is -0.399 e. The summed E-state index contributed by atoms with van der Waals surface area (Å²) in [5.41, 5.74) is 2.92. The Hall–Kier alpha value is -2.14. The van der Waals surface area contributed by atoms with Crippen molar-refractivity contribution in [1.82, 2.24) is 0 Å². The van der Waals surface area contributed by atoms with E-state index in [0.717, 1.165) is 5.46 Å². The van der Waals surface area contributed by atoms with Crippen LogP contribution >= 0.6 is 11.3 Å². The molecule has 0 spiro atoms. The third kappa shape index (κ3) is 2.71. The third-order valence-electron chi connectivity index (χ3n) is 6.15. The molecule has 0 N–H and O–H groups in total. The van der Waals surface area contributed by atoms with Gasteiger partial charge in [0, 0.05) is 20.2 Å². The van der Waals surface area contributed by atoms with Crippen LogP contribution in [0.3, 0.4) is 0 Å². The van der Waals surface area contributed by atoms with E-state index in [0.29, 0.717) is 0 Å². The largest absolute Gasteiger partial charge is 0.494 e. The Morgan fingerprint density at radius 3 is 2.07 bits per heavy atom. The van der Waals surface area contributed by atoms with Gasteiger partial charge in [-0.25, -0.2) is 0 Å². The first-order chi connectivity index (χ1) is 13.4. The van der Waals surface area contributed by atoms with Crippen molar-refractivity contribution in [2.75, 3.05) is 0 Å². The van der Waals surface area contributed by atoms with E-state index in [4.69, 9.17) is 9.31 Å². The molecule has 2 heterocycles. The molecule has 3 aromatic carbocycles. The summed E-state index contributed by atoms with van der Waals surface area (Å²) in [5, 5.41) is 2.66. The van der Waals surface area contributed by atoms with Crippen molar-refractivity contribution in [2.45, 2.75) is 38.9 Å². The van der Waals surface area contributed by atoms with Gasteiger partial charge in [-0.15, -0.1) is 11.3 Å². The van der Waals surface area contributed by atoms with Crippen LogP contribution in [0.15, 0.2) is 66.7 Å². The molecule has 1 saturated heterocycles. The lowest BCUT2D eigenvalue weighted by Crippen LogP contribution is -2.41. The van der Waals surface area contributed by atoms with Gasteiger partial charge in [-0.05, 0) is 50.4 Å². The fourth-order valence-corrected chi connectivity index (χ4v) is 5.01. The summed E-state index contributed by atoms with van der Waals surface area (Å²) in [6, 6.07) is 23.8. The zero-order valence-corrected chi connectivity index (χ0v) is 17.5. The first kappa shape index (κ1) is 17.9. The van der Waals surface area contributed by atoms with Crippen molar-refractivity contribution in [3.05, 3.63) is 66.7 Å². The molecular formula is C24H23BO2S. The molecule has 0 amide bonds. The molecule has 1 aliphatic rings. The predicted octanol–water partition coefficient (Wildman–Crippen LogP) is 6.02. The van der Waals surface area contributed by atoms with Crippen molar-refractivity contribution in [2.24, 2.45) is 0 Å². The molecule has 0 unspecified atom stereocenters. The maximum Gasteiger partial charge on any atom is 0.494 e. The van der Waals surface area contributed by atoms with E-state index in [1.807, 2.05) is 11.3 Å². The van der Waals surface area contributed by atoms with E-state index in [1.165, 1.54) is 31.3 Å². The monoisotopic (exact) mass is 386 g/mol. The quantitative estimate of drug-likeness (QED) is 0.392. The van der Waals surface area contributed by atoms with E-state index in [2.05, 4.69) is 94.4 Å². The zero-order valence-electron chi connectivity index (χ0n) is 16.7. The van der Waals surface area contributed by atoms with E-state index in [1.54, 1.807) is 0 Å². The van der Waals surface area contributed by atoms with Crippen molar-refractivity contribution < 1.29 is 9.31 Å². The van der Waals surface area contributed by atoms with Crippen molar-refractivity contribution in [3.63, 3.8) is 0 Å². The summed E-state index contributed by atoms with van der Waals surface area (Å²) in [5.74, 6) is 0. The molecule has 0 saturated carbocycles. The fourth-order valence-electron chi connectivity index (χ4n) is 3.77. The average molecular weight is 386 g/mol. The summed E-state index contributed by atoms with van der Waals surface area (Å²) in [7, 11) is -0.320. The molecule has 1 fully saturated rings. The van der Waals surface area contributed by atoms with E-state index in [-0.39, 0.29) is 18.3 Å². The summed E-state index contributed by atoms with van der Waals surface area (Å²) < 4.78 is 15.0. The molecule has 140 valence electrons. The van der Waals surface area contributed by atoms with Crippen LogP contribution in [0.25, 0.3) is 31.3 Å². The van der Waals surface area contributed by atoms with Gasteiger partial charge in [0.15, 0.2) is 0 Å². The molecule has 2 nitrogen and oxygen atoms in total. The number of rotatable bonds is 2. The summed E-state index contributed by atoms with van der Waals surface area (Å²) in [6.07, 6.45) is 0. The SMILES string of the molecule is CC1(C)OB(c2ccc(-c3cccc4c3sc3ccccc34)cc2)OC1(C)C. The highest BCUT2D eigenvalue weighted by atomic mass is 32.1. The van der Waals surface area contributed by atoms with Crippen molar-refractivity contribution >= 4 is 44.1 Å². The van der Waals surface area contributed by atoms with Gasteiger partial charge in [0.1, 0.15) is 0 Å². The molecule has 0 radical (unpaired) electrons. The van der Waals surface area contributed by atoms with E-state index >= 15 is 0 Å². The van der Waals surface area contributed by atoms with Gasteiger partial charge in [-0.3, -0.25) is 0 Å². The van der Waals surface area contributed by atoms with Gasteiger partial charge in [0.25, 0.3) is 0 Å². The normalized spacial score (nSPS) is 18.2. The molecule has 0 aliphatic carbocycles. The lowest BCUT2D eigenvalue weighted by atomic mass is 9.78. The van der Waals surface area contributed by atoms with Gasteiger partial charge in [-0.1, -0.05) is 60.7 Å². The van der Waals surface area contributed by atoms with Crippen LogP contribution in [-0.4, -0.2) is 18.3 Å². The molecule has 0 bridgehead atoms. The number of hydrogen-bond acceptors (Lipinski definition) is 3. The van der Waals surface area contributed by atoms with Crippen LogP contribution in [-0.2, 0) is 9.31 Å². The lowest BCUT2D eigenvalue weighted by molar-refractivity contribution is 0.00578. The molecular weight excluding hydrogens is 363 g/mol. The van der Waals surface area contributed by atoms with Crippen LogP contribution in [0.4, 0.5) is 0 Å². The Labute approximate surface area is 170 Å². The molecule has 5 rings (SSSR count). The first-order valence-electron chi connectivity index (χ1n) is 9.72. The van der Waals surface area contributed by atoms with Gasteiger partial charge >= 0.3 is 7.12 Å². The van der Waals surface area contributed by atoms with Crippen LogP contribution in [0.1, 0.15) is 27.7 Å².